The highest BCUT2D eigenvalue weighted by atomic mass is 19.1. The summed E-state index contributed by atoms with van der Waals surface area (Å²) in [7, 11) is 2.01. The van der Waals surface area contributed by atoms with Crippen molar-refractivity contribution in [1.29, 1.82) is 0 Å². The second-order valence-electron chi connectivity index (χ2n) is 5.86. The van der Waals surface area contributed by atoms with Gasteiger partial charge in [-0.15, -0.1) is 0 Å². The number of rotatable bonds is 3. The summed E-state index contributed by atoms with van der Waals surface area (Å²) in [6.45, 7) is 3.09. The van der Waals surface area contributed by atoms with E-state index in [1.54, 1.807) is 12.1 Å². The first-order chi connectivity index (χ1) is 7.57. The molecule has 0 spiro atoms. The molecule has 16 heavy (non-hydrogen) atoms. The third kappa shape index (κ3) is 1.26. The molecule has 0 aromatic heterocycles. The molecule has 1 nitrogen and oxygen atoms in total. The Bertz CT molecular complexity index is 398. The fourth-order valence-electron chi connectivity index (χ4n) is 3.91. The van der Waals surface area contributed by atoms with E-state index in [1.165, 1.54) is 24.8 Å². The van der Waals surface area contributed by atoms with Gasteiger partial charge in [0, 0.05) is 6.54 Å². The van der Waals surface area contributed by atoms with Crippen LogP contribution >= 0.6 is 0 Å². The highest BCUT2D eigenvalue weighted by Gasteiger charge is 2.67. The lowest BCUT2D eigenvalue weighted by atomic mass is 9.33. The third-order valence-corrected chi connectivity index (χ3v) is 4.35. The number of aryl methyl sites for hydroxylation is 1. The van der Waals surface area contributed by atoms with Crippen molar-refractivity contribution in [3.63, 3.8) is 0 Å². The Labute approximate surface area is 96.1 Å². The van der Waals surface area contributed by atoms with Crippen LogP contribution in [0, 0.1) is 18.2 Å². The second kappa shape index (κ2) is 3.07. The van der Waals surface area contributed by atoms with E-state index in [0.29, 0.717) is 10.8 Å². The van der Waals surface area contributed by atoms with Gasteiger partial charge in [-0.2, -0.15) is 0 Å². The third-order valence-electron chi connectivity index (χ3n) is 4.35. The van der Waals surface area contributed by atoms with Gasteiger partial charge in [-0.05, 0) is 67.3 Å². The smallest absolute Gasteiger partial charge is 0.123 e. The molecule has 2 bridgehead atoms. The SMILES string of the molecule is CNCC12CC(c3cc(C)cc(F)c3)(C1)C2. The second-order valence-corrected chi connectivity index (χ2v) is 5.86. The molecule has 1 aromatic carbocycles. The van der Waals surface area contributed by atoms with Crippen molar-refractivity contribution in [2.75, 3.05) is 13.6 Å². The maximum absolute atomic E-state index is 13.4. The van der Waals surface area contributed by atoms with Gasteiger partial charge in [-0.3, -0.25) is 0 Å². The molecule has 0 atom stereocenters. The average molecular weight is 219 g/mol. The maximum atomic E-state index is 13.4. The van der Waals surface area contributed by atoms with Crippen LogP contribution < -0.4 is 5.32 Å². The average Bonchev–Trinajstić information content (AvgIpc) is 2.06. The van der Waals surface area contributed by atoms with Crippen molar-refractivity contribution in [1.82, 2.24) is 5.32 Å². The largest absolute Gasteiger partial charge is 0.319 e. The molecule has 0 amide bonds. The Balaban J connectivity index is 1.82. The molecule has 4 rings (SSSR count). The monoisotopic (exact) mass is 219 g/mol. The summed E-state index contributed by atoms with van der Waals surface area (Å²) in [5, 5.41) is 3.27. The summed E-state index contributed by atoms with van der Waals surface area (Å²) in [6.07, 6.45) is 3.72. The Kier molecular flexibility index (Phi) is 1.97. The molecule has 0 aliphatic heterocycles. The molecular formula is C14H18FN. The van der Waals surface area contributed by atoms with Gasteiger partial charge in [0.25, 0.3) is 0 Å². The molecule has 3 aliphatic carbocycles. The van der Waals surface area contributed by atoms with E-state index < -0.39 is 0 Å². The molecule has 0 heterocycles. The summed E-state index contributed by atoms with van der Waals surface area (Å²) in [4.78, 5) is 0. The van der Waals surface area contributed by atoms with E-state index in [4.69, 9.17) is 0 Å². The minimum Gasteiger partial charge on any atom is -0.319 e. The number of halogens is 1. The Morgan fingerprint density at radius 2 is 1.94 bits per heavy atom. The van der Waals surface area contributed by atoms with Crippen molar-refractivity contribution in [3.8, 4) is 0 Å². The van der Waals surface area contributed by atoms with Crippen molar-refractivity contribution < 1.29 is 4.39 Å². The van der Waals surface area contributed by atoms with Gasteiger partial charge in [0.2, 0.25) is 0 Å². The van der Waals surface area contributed by atoms with Gasteiger partial charge in [0.15, 0.2) is 0 Å². The van der Waals surface area contributed by atoms with Crippen LogP contribution in [-0.4, -0.2) is 13.6 Å². The van der Waals surface area contributed by atoms with Crippen LogP contribution in [0.4, 0.5) is 4.39 Å². The molecule has 2 heteroatoms. The summed E-state index contributed by atoms with van der Waals surface area (Å²) >= 11 is 0. The van der Waals surface area contributed by atoms with Gasteiger partial charge in [0.1, 0.15) is 5.82 Å². The predicted molar refractivity (Wildman–Crippen MR) is 63.0 cm³/mol. The highest BCUT2D eigenvalue weighted by molar-refractivity contribution is 5.40. The first-order valence-electron chi connectivity index (χ1n) is 6.00. The summed E-state index contributed by atoms with van der Waals surface area (Å²) in [5.74, 6) is -0.0811. The van der Waals surface area contributed by atoms with Crippen molar-refractivity contribution in [3.05, 3.63) is 35.1 Å². The van der Waals surface area contributed by atoms with Gasteiger partial charge < -0.3 is 5.32 Å². The summed E-state index contributed by atoms with van der Waals surface area (Å²) < 4.78 is 13.4. The van der Waals surface area contributed by atoms with E-state index in [9.17, 15) is 4.39 Å². The topological polar surface area (TPSA) is 12.0 Å². The number of nitrogens with one attached hydrogen (secondary N) is 1. The van der Waals surface area contributed by atoms with Crippen LogP contribution in [0.3, 0.4) is 0 Å². The van der Waals surface area contributed by atoms with Crippen LogP contribution in [0.5, 0.6) is 0 Å². The lowest BCUT2D eigenvalue weighted by Gasteiger charge is -2.71. The van der Waals surface area contributed by atoms with E-state index in [1.807, 2.05) is 14.0 Å². The highest BCUT2D eigenvalue weighted by Crippen LogP contribution is 2.73. The molecule has 1 N–H and O–H groups in total. The van der Waals surface area contributed by atoms with E-state index in [0.717, 1.165) is 12.1 Å². The van der Waals surface area contributed by atoms with Crippen molar-refractivity contribution in [2.24, 2.45) is 5.41 Å². The van der Waals surface area contributed by atoms with E-state index in [2.05, 4.69) is 11.4 Å². The summed E-state index contributed by atoms with van der Waals surface area (Å²) in [5.41, 5.74) is 3.13. The zero-order chi connectivity index (χ0) is 11.4. The first kappa shape index (κ1) is 10.3. The minimum atomic E-state index is -0.0811. The Morgan fingerprint density at radius 3 is 2.50 bits per heavy atom. The van der Waals surface area contributed by atoms with Crippen molar-refractivity contribution in [2.45, 2.75) is 31.6 Å². The zero-order valence-corrected chi connectivity index (χ0v) is 9.94. The fourth-order valence-corrected chi connectivity index (χ4v) is 3.91. The number of hydrogen-bond donors (Lipinski definition) is 1. The molecule has 1 aromatic rings. The molecule has 3 saturated carbocycles. The van der Waals surface area contributed by atoms with Crippen LogP contribution in [-0.2, 0) is 5.41 Å². The van der Waals surface area contributed by atoms with E-state index in [-0.39, 0.29) is 5.82 Å². The molecule has 3 aliphatic rings. The normalized spacial score (nSPS) is 35.4. The summed E-state index contributed by atoms with van der Waals surface area (Å²) in [6, 6.07) is 5.50. The minimum absolute atomic E-state index is 0.0811. The molecular weight excluding hydrogens is 201 g/mol. The maximum Gasteiger partial charge on any atom is 0.123 e. The molecule has 0 saturated heterocycles. The lowest BCUT2D eigenvalue weighted by molar-refractivity contribution is -0.137. The van der Waals surface area contributed by atoms with Crippen LogP contribution in [0.2, 0.25) is 0 Å². The standard InChI is InChI=1S/C14H18FN/c1-10-3-11(5-12(15)4-10)14-6-13(7-14,8-14)9-16-2/h3-5,16H,6-9H2,1-2H3. The number of hydrogen-bond acceptors (Lipinski definition) is 1. The van der Waals surface area contributed by atoms with E-state index >= 15 is 0 Å². The van der Waals surface area contributed by atoms with Gasteiger partial charge >= 0.3 is 0 Å². The number of benzene rings is 1. The predicted octanol–water partition coefficient (Wildman–Crippen LogP) is 2.78. The fraction of sp³-hybridized carbons (Fsp3) is 0.571. The molecule has 0 radical (unpaired) electrons. The zero-order valence-electron chi connectivity index (χ0n) is 9.94. The molecule has 0 unspecified atom stereocenters. The Hall–Kier alpha value is -0.890. The molecule has 3 fully saturated rings. The van der Waals surface area contributed by atoms with Gasteiger partial charge in [-0.25, -0.2) is 4.39 Å². The quantitative estimate of drug-likeness (QED) is 0.824. The Morgan fingerprint density at radius 1 is 1.25 bits per heavy atom. The van der Waals surface area contributed by atoms with Crippen LogP contribution in [0.25, 0.3) is 0 Å². The first-order valence-corrected chi connectivity index (χ1v) is 6.00. The van der Waals surface area contributed by atoms with Crippen molar-refractivity contribution >= 4 is 0 Å². The van der Waals surface area contributed by atoms with Crippen LogP contribution in [0.15, 0.2) is 18.2 Å². The molecule has 86 valence electrons. The van der Waals surface area contributed by atoms with Gasteiger partial charge in [-0.1, -0.05) is 6.07 Å². The lowest BCUT2D eigenvalue weighted by Crippen LogP contribution is -2.67. The van der Waals surface area contributed by atoms with Gasteiger partial charge in [0.05, 0.1) is 0 Å². The van der Waals surface area contributed by atoms with Crippen LogP contribution in [0.1, 0.15) is 30.4 Å².